The van der Waals surface area contributed by atoms with Gasteiger partial charge in [-0.2, -0.15) is 23.5 Å². The van der Waals surface area contributed by atoms with E-state index in [2.05, 4.69) is 204 Å². The van der Waals surface area contributed by atoms with Gasteiger partial charge in [0.2, 0.25) is 5.95 Å². The highest BCUT2D eigenvalue weighted by Gasteiger charge is 2.28. The van der Waals surface area contributed by atoms with Crippen molar-refractivity contribution in [2.24, 2.45) is 0 Å². The van der Waals surface area contributed by atoms with E-state index in [1.165, 1.54) is 70.9 Å². The summed E-state index contributed by atoms with van der Waals surface area (Å²) >= 11 is 0. The van der Waals surface area contributed by atoms with Crippen LogP contribution in [0.5, 0.6) is 0 Å². The minimum Gasteiger partial charge on any atom is -0.309 e. The highest BCUT2D eigenvalue weighted by molar-refractivity contribution is 7.04. The second kappa shape index (κ2) is 12.8. The van der Waals surface area contributed by atoms with Gasteiger partial charge in [0.15, 0.2) is 0 Å². The minimum absolute atomic E-state index is 0.653. The molecule has 0 bridgehead atoms. The zero-order chi connectivity index (χ0) is 39.2. The van der Waals surface area contributed by atoms with E-state index < -0.39 is 8.07 Å². The van der Waals surface area contributed by atoms with Gasteiger partial charge in [-0.3, -0.25) is 4.57 Å². The van der Waals surface area contributed by atoms with Crippen LogP contribution in [0.1, 0.15) is 0 Å². The SMILES string of the molecule is C[Si-]1(C)c2ccccc2-c2cc3c(cc21)c1cc(-c2ccc4c(c2)c2ccccc2n4-c2nc(-c4ccccc4)cc(-c4ccccc4)n2)ccc1n3-c1ccccc1. The van der Waals surface area contributed by atoms with Crippen molar-refractivity contribution >= 4 is 62.1 Å². The summed E-state index contributed by atoms with van der Waals surface area (Å²) < 4.78 is 4.68. The number of fused-ring (bicyclic) bond motifs is 9. The fourth-order valence-corrected chi connectivity index (χ4v) is 12.7. The van der Waals surface area contributed by atoms with Crippen LogP contribution in [0.3, 0.4) is 0 Å². The largest absolute Gasteiger partial charge is 0.309 e. The second-order valence-corrected chi connectivity index (χ2v) is 20.6. The van der Waals surface area contributed by atoms with Crippen molar-refractivity contribution in [2.75, 3.05) is 0 Å². The average Bonchev–Trinajstić information content (AvgIpc) is 3.88. The number of hydrogen-bond acceptors (Lipinski definition) is 2. The topological polar surface area (TPSA) is 35.6 Å². The molecular formula is C54H38N4Si-. The van der Waals surface area contributed by atoms with E-state index in [9.17, 15) is 0 Å². The molecule has 279 valence electrons. The molecule has 0 radical (unpaired) electrons. The van der Waals surface area contributed by atoms with Crippen LogP contribution in [0.25, 0.3) is 100 Å². The Hall–Kier alpha value is -7.34. The van der Waals surface area contributed by atoms with Crippen LogP contribution in [-0.4, -0.2) is 27.2 Å². The fourth-order valence-electron chi connectivity index (χ4n) is 9.66. The van der Waals surface area contributed by atoms with Crippen LogP contribution in [0.15, 0.2) is 194 Å². The van der Waals surface area contributed by atoms with E-state index in [1.54, 1.807) is 0 Å². The first kappa shape index (κ1) is 33.8. The van der Waals surface area contributed by atoms with Gasteiger partial charge in [-0.25, -0.2) is 9.97 Å². The summed E-state index contributed by atoms with van der Waals surface area (Å²) in [7, 11) is -1.88. The summed E-state index contributed by atoms with van der Waals surface area (Å²) in [5.74, 6) is 0.653. The zero-order valence-electron chi connectivity index (χ0n) is 32.8. The number of para-hydroxylation sites is 2. The lowest BCUT2D eigenvalue weighted by atomic mass is 9.99. The van der Waals surface area contributed by atoms with Crippen molar-refractivity contribution in [2.45, 2.75) is 13.1 Å². The average molecular weight is 771 g/mol. The monoisotopic (exact) mass is 770 g/mol. The predicted molar refractivity (Wildman–Crippen MR) is 249 cm³/mol. The van der Waals surface area contributed by atoms with Crippen molar-refractivity contribution in [3.8, 4) is 56.4 Å². The molecule has 0 atom stereocenters. The van der Waals surface area contributed by atoms with Crippen molar-refractivity contribution in [1.29, 1.82) is 0 Å². The number of rotatable bonds is 5. The Morgan fingerprint density at radius 2 is 0.881 bits per heavy atom. The molecule has 4 nitrogen and oxygen atoms in total. The summed E-state index contributed by atoms with van der Waals surface area (Å²) in [6, 6.07) is 70.3. The summed E-state index contributed by atoms with van der Waals surface area (Å²) in [5.41, 5.74) is 14.8. The van der Waals surface area contributed by atoms with E-state index in [1.807, 2.05) is 12.1 Å². The van der Waals surface area contributed by atoms with Crippen molar-refractivity contribution in [3.63, 3.8) is 0 Å². The maximum Gasteiger partial charge on any atom is 0.235 e. The Morgan fingerprint density at radius 1 is 0.356 bits per heavy atom. The molecule has 0 saturated carbocycles. The molecule has 3 aromatic heterocycles. The Morgan fingerprint density at radius 3 is 1.56 bits per heavy atom. The zero-order valence-corrected chi connectivity index (χ0v) is 33.8. The first-order chi connectivity index (χ1) is 29.0. The minimum atomic E-state index is -1.88. The van der Waals surface area contributed by atoms with E-state index in [-0.39, 0.29) is 0 Å². The lowest BCUT2D eigenvalue weighted by molar-refractivity contribution is 0.995. The van der Waals surface area contributed by atoms with Gasteiger partial charge >= 0.3 is 0 Å². The second-order valence-electron chi connectivity index (χ2n) is 16.2. The molecule has 1 aliphatic rings. The summed E-state index contributed by atoms with van der Waals surface area (Å²) in [6.45, 7) is 5.00. The molecule has 59 heavy (non-hydrogen) atoms. The first-order valence-electron chi connectivity index (χ1n) is 20.3. The normalized spacial score (nSPS) is 13.1. The molecule has 1 aliphatic heterocycles. The van der Waals surface area contributed by atoms with Crippen molar-refractivity contribution in [1.82, 2.24) is 19.1 Å². The van der Waals surface area contributed by atoms with Gasteiger partial charge in [-0.15, -0.1) is 0 Å². The summed E-state index contributed by atoms with van der Waals surface area (Å²) in [4.78, 5) is 10.5. The van der Waals surface area contributed by atoms with Gasteiger partial charge in [0.05, 0.1) is 33.5 Å². The third kappa shape index (κ3) is 5.15. The highest BCUT2D eigenvalue weighted by Crippen LogP contribution is 2.40. The first-order valence-corrected chi connectivity index (χ1v) is 23.3. The van der Waals surface area contributed by atoms with E-state index in [0.717, 1.165) is 33.5 Å². The van der Waals surface area contributed by atoms with Gasteiger partial charge in [0, 0.05) is 38.4 Å². The third-order valence-corrected chi connectivity index (χ3v) is 16.1. The van der Waals surface area contributed by atoms with Crippen molar-refractivity contribution in [3.05, 3.63) is 194 Å². The third-order valence-electron chi connectivity index (χ3n) is 12.5. The van der Waals surface area contributed by atoms with Crippen LogP contribution >= 0.6 is 0 Å². The number of hydrogen-bond donors (Lipinski definition) is 0. The van der Waals surface area contributed by atoms with E-state index >= 15 is 0 Å². The Bertz CT molecular complexity index is 3400. The van der Waals surface area contributed by atoms with Crippen LogP contribution in [-0.2, 0) is 0 Å². The number of nitrogens with zero attached hydrogens (tertiary/aromatic N) is 4. The molecule has 0 aliphatic carbocycles. The maximum atomic E-state index is 5.24. The quantitative estimate of drug-likeness (QED) is 0.163. The molecule has 5 heteroatoms. The molecule has 0 unspecified atom stereocenters. The van der Waals surface area contributed by atoms with Crippen LogP contribution in [0, 0.1) is 0 Å². The molecule has 12 rings (SSSR count). The lowest BCUT2D eigenvalue weighted by Crippen LogP contribution is -2.49. The standard InChI is InChI=1S/C54H38N4Si/c1-59(2)52-25-15-13-23-41(52)45-32-51-44(33-53(45)59)43-31-38(26-28-49(43)57(51)39-20-10-5-11-21-39)37-27-29-50-42(30-37)40-22-12-14-24-48(40)58(50)54-55-46(35-16-6-3-7-17-35)34-47(56-54)36-18-8-4-9-19-36/h3-34H,1-2H3/q-1. The molecule has 0 saturated heterocycles. The smallest absolute Gasteiger partial charge is 0.235 e. The van der Waals surface area contributed by atoms with Gasteiger partial charge in [-0.1, -0.05) is 153 Å². The Balaban J connectivity index is 1.06. The predicted octanol–water partition coefficient (Wildman–Crippen LogP) is 12.5. The molecule has 8 aromatic carbocycles. The molecule has 0 fully saturated rings. The molecule has 11 aromatic rings. The van der Waals surface area contributed by atoms with E-state index in [4.69, 9.17) is 9.97 Å². The fraction of sp³-hybridized carbons (Fsp3) is 0.0370. The Kier molecular flexibility index (Phi) is 7.34. The van der Waals surface area contributed by atoms with E-state index in [0.29, 0.717) is 5.95 Å². The maximum absolute atomic E-state index is 5.24. The molecular weight excluding hydrogens is 733 g/mol. The van der Waals surface area contributed by atoms with Gasteiger partial charge < -0.3 is 4.57 Å². The lowest BCUT2D eigenvalue weighted by Gasteiger charge is -2.32. The molecule has 0 spiro atoms. The summed E-state index contributed by atoms with van der Waals surface area (Å²) in [6.07, 6.45) is 0. The van der Waals surface area contributed by atoms with Crippen molar-refractivity contribution < 1.29 is 0 Å². The van der Waals surface area contributed by atoms with Crippen LogP contribution in [0.4, 0.5) is 0 Å². The van der Waals surface area contributed by atoms with Crippen LogP contribution < -0.4 is 10.4 Å². The molecule has 4 heterocycles. The Labute approximate surface area is 343 Å². The van der Waals surface area contributed by atoms with Crippen LogP contribution in [0.2, 0.25) is 13.1 Å². The summed E-state index contributed by atoms with van der Waals surface area (Å²) in [5, 5.41) is 7.96. The highest BCUT2D eigenvalue weighted by atomic mass is 28.3. The van der Waals surface area contributed by atoms with Gasteiger partial charge in [-0.05, 0) is 71.3 Å². The number of benzene rings is 8. The molecule has 0 amide bonds. The van der Waals surface area contributed by atoms with Gasteiger partial charge in [0.25, 0.3) is 0 Å². The van der Waals surface area contributed by atoms with Gasteiger partial charge in [0.1, 0.15) is 0 Å². The number of aromatic nitrogens is 4. The molecule has 0 N–H and O–H groups in total.